The summed E-state index contributed by atoms with van der Waals surface area (Å²) in [4.78, 5) is 20.8. The van der Waals surface area contributed by atoms with Crippen molar-refractivity contribution in [2.45, 2.75) is 13.5 Å². The molecular formula is C13H20ClIN4OS. The lowest BCUT2D eigenvalue weighted by molar-refractivity contribution is -0.130. The third-order valence-corrected chi connectivity index (χ3v) is 4.52. The van der Waals surface area contributed by atoms with Crippen LogP contribution >= 0.6 is 46.9 Å². The van der Waals surface area contributed by atoms with Gasteiger partial charge in [0.2, 0.25) is 5.91 Å². The van der Waals surface area contributed by atoms with Gasteiger partial charge in [0, 0.05) is 45.0 Å². The van der Waals surface area contributed by atoms with Crippen LogP contribution in [0.25, 0.3) is 0 Å². The Bertz CT molecular complexity index is 500. The molecule has 1 saturated heterocycles. The Morgan fingerprint density at radius 3 is 2.43 bits per heavy atom. The number of nitrogens with zero attached hydrogens (tertiary/aromatic N) is 3. The second kappa shape index (κ2) is 8.79. The summed E-state index contributed by atoms with van der Waals surface area (Å²) in [5.74, 6) is 1.01. The van der Waals surface area contributed by atoms with Crippen molar-refractivity contribution in [1.29, 1.82) is 0 Å². The van der Waals surface area contributed by atoms with Crippen molar-refractivity contribution in [3.05, 3.63) is 21.3 Å². The van der Waals surface area contributed by atoms with Crippen LogP contribution in [0.4, 0.5) is 0 Å². The van der Waals surface area contributed by atoms with E-state index in [1.165, 1.54) is 4.88 Å². The second-order valence-electron chi connectivity index (χ2n) is 4.60. The van der Waals surface area contributed by atoms with E-state index in [1.807, 2.05) is 17.0 Å². The number of rotatable bonds is 2. The number of amides is 1. The first-order valence-corrected chi connectivity index (χ1v) is 7.75. The van der Waals surface area contributed by atoms with E-state index in [0.717, 1.165) is 43.0 Å². The van der Waals surface area contributed by atoms with Crippen molar-refractivity contribution in [2.75, 3.05) is 33.2 Å². The molecular weight excluding hydrogens is 423 g/mol. The van der Waals surface area contributed by atoms with Crippen LogP contribution in [0, 0.1) is 0 Å². The van der Waals surface area contributed by atoms with Crippen molar-refractivity contribution in [3.63, 3.8) is 0 Å². The minimum absolute atomic E-state index is 0. The van der Waals surface area contributed by atoms with Crippen LogP contribution in [0.5, 0.6) is 0 Å². The zero-order chi connectivity index (χ0) is 14.5. The molecule has 1 aliphatic rings. The lowest BCUT2D eigenvalue weighted by Gasteiger charge is -2.36. The SMILES string of the molecule is CN=C(NCc1ccc(Cl)s1)N1CCN(C(C)=O)CC1.I. The number of nitrogens with one attached hydrogen (secondary N) is 1. The van der Waals surface area contributed by atoms with Crippen LogP contribution in [0.3, 0.4) is 0 Å². The number of carbonyl (C=O) groups is 1. The van der Waals surface area contributed by atoms with Gasteiger partial charge in [-0.1, -0.05) is 11.6 Å². The molecule has 0 atom stereocenters. The fraction of sp³-hybridized carbons (Fsp3) is 0.538. The number of hydrogen-bond acceptors (Lipinski definition) is 3. The molecule has 0 unspecified atom stereocenters. The molecule has 1 N–H and O–H groups in total. The van der Waals surface area contributed by atoms with Crippen molar-refractivity contribution in [1.82, 2.24) is 15.1 Å². The van der Waals surface area contributed by atoms with Gasteiger partial charge in [0.1, 0.15) is 0 Å². The lowest BCUT2D eigenvalue weighted by Crippen LogP contribution is -2.53. The Labute approximate surface area is 151 Å². The number of halogens is 2. The van der Waals surface area contributed by atoms with Crippen molar-refractivity contribution in [3.8, 4) is 0 Å². The average molecular weight is 443 g/mol. The second-order valence-corrected chi connectivity index (χ2v) is 6.40. The number of hydrogen-bond donors (Lipinski definition) is 1. The molecule has 0 spiro atoms. The minimum Gasteiger partial charge on any atom is -0.351 e. The average Bonchev–Trinajstić information content (AvgIpc) is 2.86. The van der Waals surface area contributed by atoms with Crippen molar-refractivity contribution < 1.29 is 4.79 Å². The molecule has 1 amide bonds. The normalized spacial score (nSPS) is 15.7. The highest BCUT2D eigenvalue weighted by Crippen LogP contribution is 2.21. The zero-order valence-corrected chi connectivity index (χ0v) is 16.0. The summed E-state index contributed by atoms with van der Waals surface area (Å²) in [6.07, 6.45) is 0. The van der Waals surface area contributed by atoms with Gasteiger partial charge >= 0.3 is 0 Å². The first kappa shape index (κ1) is 18.5. The van der Waals surface area contributed by atoms with Crippen molar-refractivity contribution >= 4 is 58.8 Å². The molecule has 1 aliphatic heterocycles. The largest absolute Gasteiger partial charge is 0.351 e. The molecule has 2 rings (SSSR count). The van der Waals surface area contributed by atoms with E-state index in [1.54, 1.807) is 25.3 Å². The summed E-state index contributed by atoms with van der Waals surface area (Å²) in [7, 11) is 1.78. The summed E-state index contributed by atoms with van der Waals surface area (Å²) in [6.45, 7) is 5.46. The maximum Gasteiger partial charge on any atom is 0.219 e. The Hall–Kier alpha value is -0.540. The third-order valence-electron chi connectivity index (χ3n) is 3.29. The standard InChI is InChI=1S/C13H19ClN4OS.HI/c1-10(19)17-5-7-18(8-6-17)13(15-2)16-9-11-3-4-12(14)20-11;/h3-4H,5-9H2,1-2H3,(H,15,16);1H. The highest BCUT2D eigenvalue weighted by atomic mass is 127. The molecule has 5 nitrogen and oxygen atoms in total. The van der Waals surface area contributed by atoms with Crippen LogP contribution in [0.2, 0.25) is 4.34 Å². The van der Waals surface area contributed by atoms with Crippen LogP contribution in [-0.4, -0.2) is 54.9 Å². The van der Waals surface area contributed by atoms with Crippen LogP contribution in [-0.2, 0) is 11.3 Å². The van der Waals surface area contributed by atoms with Crippen LogP contribution in [0.15, 0.2) is 17.1 Å². The summed E-state index contributed by atoms with van der Waals surface area (Å²) in [5.41, 5.74) is 0. The molecule has 0 saturated carbocycles. The van der Waals surface area contributed by atoms with E-state index in [0.29, 0.717) is 0 Å². The molecule has 0 bridgehead atoms. The zero-order valence-electron chi connectivity index (χ0n) is 12.1. The summed E-state index contributed by atoms with van der Waals surface area (Å²) >= 11 is 7.48. The Balaban J connectivity index is 0.00000220. The van der Waals surface area contributed by atoms with E-state index in [9.17, 15) is 4.79 Å². The summed E-state index contributed by atoms with van der Waals surface area (Å²) in [5, 5.41) is 3.34. The highest BCUT2D eigenvalue weighted by molar-refractivity contribution is 14.0. The lowest BCUT2D eigenvalue weighted by atomic mass is 10.3. The van der Waals surface area contributed by atoms with Gasteiger partial charge in [-0.05, 0) is 12.1 Å². The fourth-order valence-corrected chi connectivity index (χ4v) is 3.21. The highest BCUT2D eigenvalue weighted by Gasteiger charge is 2.20. The summed E-state index contributed by atoms with van der Waals surface area (Å²) in [6, 6.07) is 3.92. The molecule has 21 heavy (non-hydrogen) atoms. The van der Waals surface area contributed by atoms with Crippen LogP contribution in [0.1, 0.15) is 11.8 Å². The van der Waals surface area contributed by atoms with E-state index >= 15 is 0 Å². The smallest absolute Gasteiger partial charge is 0.219 e. The molecule has 8 heteroatoms. The van der Waals surface area contributed by atoms with Gasteiger partial charge < -0.3 is 15.1 Å². The number of carbonyl (C=O) groups excluding carboxylic acids is 1. The van der Waals surface area contributed by atoms with Gasteiger partial charge in [-0.2, -0.15) is 0 Å². The van der Waals surface area contributed by atoms with E-state index < -0.39 is 0 Å². The molecule has 0 radical (unpaired) electrons. The van der Waals surface area contributed by atoms with E-state index in [2.05, 4.69) is 15.2 Å². The Morgan fingerprint density at radius 1 is 1.33 bits per heavy atom. The number of guanidine groups is 1. The fourth-order valence-electron chi connectivity index (χ4n) is 2.18. The predicted octanol–water partition coefficient (Wildman–Crippen LogP) is 2.26. The van der Waals surface area contributed by atoms with Crippen LogP contribution < -0.4 is 5.32 Å². The maximum atomic E-state index is 11.3. The molecule has 1 aromatic heterocycles. The van der Waals surface area contributed by atoms with E-state index in [-0.39, 0.29) is 29.9 Å². The number of piperazine rings is 1. The molecule has 0 aliphatic carbocycles. The molecule has 1 aromatic rings. The molecule has 0 aromatic carbocycles. The number of aliphatic imine (C=N–C) groups is 1. The van der Waals surface area contributed by atoms with Gasteiger partial charge in [-0.15, -0.1) is 35.3 Å². The first-order valence-electron chi connectivity index (χ1n) is 6.55. The van der Waals surface area contributed by atoms with Gasteiger partial charge in [-0.25, -0.2) is 0 Å². The Kier molecular flexibility index (Phi) is 7.75. The summed E-state index contributed by atoms with van der Waals surface area (Å²) < 4.78 is 0.798. The third kappa shape index (κ3) is 5.30. The molecule has 2 heterocycles. The molecule has 118 valence electrons. The topological polar surface area (TPSA) is 47.9 Å². The first-order chi connectivity index (χ1) is 9.60. The molecule has 1 fully saturated rings. The van der Waals surface area contributed by atoms with Gasteiger partial charge in [-0.3, -0.25) is 9.79 Å². The monoisotopic (exact) mass is 442 g/mol. The Morgan fingerprint density at radius 2 is 1.95 bits per heavy atom. The number of thiophene rings is 1. The quantitative estimate of drug-likeness (QED) is 0.434. The van der Waals surface area contributed by atoms with Gasteiger partial charge in [0.25, 0.3) is 0 Å². The minimum atomic E-state index is 0. The van der Waals surface area contributed by atoms with Crippen molar-refractivity contribution in [2.24, 2.45) is 4.99 Å². The van der Waals surface area contributed by atoms with Gasteiger partial charge in [0.15, 0.2) is 5.96 Å². The van der Waals surface area contributed by atoms with E-state index in [4.69, 9.17) is 11.6 Å². The van der Waals surface area contributed by atoms with Gasteiger partial charge in [0.05, 0.1) is 10.9 Å². The predicted molar refractivity (Wildman–Crippen MR) is 98.8 cm³/mol. The maximum absolute atomic E-state index is 11.3.